The molecule has 5 heteroatoms. The van der Waals surface area contributed by atoms with E-state index in [0.29, 0.717) is 19.1 Å². The molecule has 0 saturated heterocycles. The summed E-state index contributed by atoms with van der Waals surface area (Å²) in [4.78, 5) is 0. The van der Waals surface area contributed by atoms with Gasteiger partial charge >= 0.3 is 0 Å². The molecule has 1 aromatic carbocycles. The number of rotatable bonds is 7. The largest absolute Gasteiger partial charge is 0.492 e. The molecule has 0 amide bonds. The van der Waals surface area contributed by atoms with Gasteiger partial charge in [0, 0.05) is 12.7 Å². The van der Waals surface area contributed by atoms with Crippen molar-refractivity contribution in [1.29, 1.82) is 0 Å². The van der Waals surface area contributed by atoms with Crippen LogP contribution in [0.25, 0.3) is 0 Å². The Morgan fingerprint density at radius 3 is 2.81 bits per heavy atom. The van der Waals surface area contributed by atoms with Crippen LogP contribution in [0.1, 0.15) is 36.6 Å². The molecular weight excluding hydrogens is 264 g/mol. The lowest BCUT2D eigenvalue weighted by molar-refractivity contribution is 0.289. The Morgan fingerprint density at radius 2 is 2.14 bits per heavy atom. The van der Waals surface area contributed by atoms with Gasteiger partial charge in [-0.25, -0.2) is 4.68 Å². The predicted molar refractivity (Wildman–Crippen MR) is 83.5 cm³/mol. The summed E-state index contributed by atoms with van der Waals surface area (Å²) in [6.07, 6.45) is 1.94. The molecule has 0 spiro atoms. The molecule has 1 aromatic heterocycles. The van der Waals surface area contributed by atoms with Crippen molar-refractivity contribution in [3.8, 4) is 5.75 Å². The summed E-state index contributed by atoms with van der Waals surface area (Å²) >= 11 is 0. The number of hydrogen-bond acceptors (Lipinski definition) is 4. The van der Waals surface area contributed by atoms with E-state index in [4.69, 9.17) is 4.74 Å². The number of nitrogens with zero attached hydrogens (tertiary/aromatic N) is 3. The number of nitrogens with one attached hydrogen (secondary N) is 1. The molecule has 2 aromatic rings. The molecule has 0 aliphatic rings. The summed E-state index contributed by atoms with van der Waals surface area (Å²) in [5.74, 6) is 1.45. The van der Waals surface area contributed by atoms with Crippen LogP contribution in [0, 0.1) is 6.92 Å². The van der Waals surface area contributed by atoms with E-state index in [-0.39, 0.29) is 0 Å². The molecule has 0 aliphatic heterocycles. The molecule has 0 fully saturated rings. The van der Waals surface area contributed by atoms with Crippen molar-refractivity contribution in [2.24, 2.45) is 0 Å². The second-order valence-electron chi connectivity index (χ2n) is 5.52. The molecular formula is C16H24N4O. The molecule has 1 heterocycles. The fourth-order valence-electron chi connectivity index (χ4n) is 2.35. The van der Waals surface area contributed by atoms with Gasteiger partial charge in [-0.2, -0.15) is 0 Å². The van der Waals surface area contributed by atoms with E-state index in [9.17, 15) is 0 Å². The van der Waals surface area contributed by atoms with Crippen LogP contribution in [-0.4, -0.2) is 28.6 Å². The zero-order valence-electron chi connectivity index (χ0n) is 13.3. The first kappa shape index (κ1) is 15.5. The molecule has 0 aliphatic carbocycles. The molecule has 1 N–H and O–H groups in total. The zero-order chi connectivity index (χ0) is 15.2. The fraction of sp³-hybridized carbons (Fsp3) is 0.500. The van der Waals surface area contributed by atoms with Crippen LogP contribution in [-0.2, 0) is 13.1 Å². The molecule has 2 rings (SSSR count). The summed E-state index contributed by atoms with van der Waals surface area (Å²) in [5, 5.41) is 11.2. The third kappa shape index (κ3) is 4.29. The molecule has 0 saturated carbocycles. The van der Waals surface area contributed by atoms with Crippen molar-refractivity contribution in [3.63, 3.8) is 0 Å². The summed E-state index contributed by atoms with van der Waals surface area (Å²) in [6.45, 7) is 8.55. The minimum atomic E-state index is 0.541. The predicted octanol–water partition coefficient (Wildman–Crippen LogP) is 2.51. The van der Waals surface area contributed by atoms with Crippen LogP contribution >= 0.6 is 0 Å². The van der Waals surface area contributed by atoms with Gasteiger partial charge in [0.05, 0.1) is 12.2 Å². The fourth-order valence-corrected chi connectivity index (χ4v) is 2.35. The minimum Gasteiger partial charge on any atom is -0.492 e. The zero-order valence-corrected chi connectivity index (χ0v) is 13.3. The van der Waals surface area contributed by atoms with Gasteiger partial charge in [0.15, 0.2) is 0 Å². The minimum absolute atomic E-state index is 0.541. The highest BCUT2D eigenvalue weighted by Crippen LogP contribution is 2.23. The molecule has 114 valence electrons. The van der Waals surface area contributed by atoms with E-state index in [1.54, 1.807) is 0 Å². The number of benzene rings is 1. The second kappa shape index (κ2) is 7.22. The van der Waals surface area contributed by atoms with Crippen LogP contribution in [0.2, 0.25) is 0 Å². The van der Waals surface area contributed by atoms with E-state index in [2.05, 4.69) is 48.5 Å². The van der Waals surface area contributed by atoms with Gasteiger partial charge in [-0.3, -0.25) is 0 Å². The highest BCUT2D eigenvalue weighted by Gasteiger charge is 2.05. The van der Waals surface area contributed by atoms with Crippen molar-refractivity contribution in [3.05, 3.63) is 41.2 Å². The number of ether oxygens (including phenoxy) is 1. The van der Waals surface area contributed by atoms with Gasteiger partial charge < -0.3 is 10.1 Å². The van der Waals surface area contributed by atoms with Crippen LogP contribution in [0.3, 0.4) is 0 Å². The van der Waals surface area contributed by atoms with Crippen molar-refractivity contribution in [2.45, 2.75) is 39.8 Å². The highest BCUT2D eigenvalue weighted by molar-refractivity contribution is 5.36. The third-order valence-corrected chi connectivity index (χ3v) is 3.40. The first-order valence-electron chi connectivity index (χ1n) is 7.37. The maximum atomic E-state index is 5.79. The summed E-state index contributed by atoms with van der Waals surface area (Å²) < 4.78 is 7.60. The first-order chi connectivity index (χ1) is 10.1. The van der Waals surface area contributed by atoms with E-state index in [1.165, 1.54) is 11.1 Å². The Morgan fingerprint density at radius 1 is 1.33 bits per heavy atom. The maximum absolute atomic E-state index is 5.79. The summed E-state index contributed by atoms with van der Waals surface area (Å²) in [7, 11) is 1.89. The van der Waals surface area contributed by atoms with E-state index < -0.39 is 0 Å². The quantitative estimate of drug-likeness (QED) is 0.850. The van der Waals surface area contributed by atoms with Crippen molar-refractivity contribution >= 4 is 0 Å². The molecule has 21 heavy (non-hydrogen) atoms. The third-order valence-electron chi connectivity index (χ3n) is 3.40. The Bertz CT molecular complexity index is 577. The monoisotopic (exact) mass is 288 g/mol. The van der Waals surface area contributed by atoms with Crippen LogP contribution < -0.4 is 10.1 Å². The van der Waals surface area contributed by atoms with Crippen molar-refractivity contribution in [2.75, 3.05) is 13.7 Å². The lowest BCUT2D eigenvalue weighted by Crippen LogP contribution is -2.09. The topological polar surface area (TPSA) is 52.0 Å². The Kier molecular flexibility index (Phi) is 5.33. The second-order valence-corrected chi connectivity index (χ2v) is 5.52. The Hall–Kier alpha value is -1.88. The summed E-state index contributed by atoms with van der Waals surface area (Å²) in [5.41, 5.74) is 3.59. The average Bonchev–Trinajstić information content (AvgIpc) is 2.86. The van der Waals surface area contributed by atoms with E-state index in [0.717, 1.165) is 18.0 Å². The number of hydrogen-bond donors (Lipinski definition) is 1. The smallest absolute Gasteiger partial charge is 0.119 e. The molecule has 0 atom stereocenters. The van der Waals surface area contributed by atoms with Crippen LogP contribution in [0.5, 0.6) is 5.75 Å². The molecule has 5 nitrogen and oxygen atoms in total. The van der Waals surface area contributed by atoms with E-state index in [1.807, 2.05) is 24.0 Å². The normalized spacial score (nSPS) is 11.1. The van der Waals surface area contributed by atoms with Crippen molar-refractivity contribution < 1.29 is 4.74 Å². The highest BCUT2D eigenvalue weighted by atomic mass is 16.5. The summed E-state index contributed by atoms with van der Waals surface area (Å²) in [6, 6.07) is 6.29. The number of aryl methyl sites for hydroxylation is 1. The van der Waals surface area contributed by atoms with E-state index >= 15 is 0 Å². The Labute approximate surface area is 126 Å². The maximum Gasteiger partial charge on any atom is 0.119 e. The van der Waals surface area contributed by atoms with Crippen molar-refractivity contribution in [1.82, 2.24) is 20.3 Å². The molecule has 0 unspecified atom stereocenters. The lowest BCUT2D eigenvalue weighted by Gasteiger charge is -2.12. The first-order valence-corrected chi connectivity index (χ1v) is 7.37. The standard InChI is InChI=1S/C16H24N4O/c1-12(2)16-6-5-15(9-13(16)3)21-8-7-20-11-14(10-17-4)18-19-20/h5-6,9,11-12,17H,7-8,10H2,1-4H3. The molecule has 0 bridgehead atoms. The van der Waals surface area contributed by atoms with Gasteiger partial charge in [0.1, 0.15) is 12.4 Å². The SMILES string of the molecule is CNCc1cn(CCOc2ccc(C(C)C)c(C)c2)nn1. The molecule has 0 radical (unpaired) electrons. The number of aromatic nitrogens is 3. The van der Waals surface area contributed by atoms with Gasteiger partial charge in [0.2, 0.25) is 0 Å². The van der Waals surface area contributed by atoms with Crippen LogP contribution in [0.4, 0.5) is 0 Å². The van der Waals surface area contributed by atoms with Gasteiger partial charge in [-0.1, -0.05) is 25.1 Å². The lowest BCUT2D eigenvalue weighted by atomic mass is 9.98. The average molecular weight is 288 g/mol. The Balaban J connectivity index is 1.86. The van der Waals surface area contributed by atoms with Crippen LogP contribution in [0.15, 0.2) is 24.4 Å². The van der Waals surface area contributed by atoms with Gasteiger partial charge in [0.25, 0.3) is 0 Å². The van der Waals surface area contributed by atoms with Gasteiger partial charge in [-0.15, -0.1) is 5.10 Å². The van der Waals surface area contributed by atoms with Gasteiger partial charge in [-0.05, 0) is 43.1 Å².